The van der Waals surface area contributed by atoms with Gasteiger partial charge in [0.1, 0.15) is 5.75 Å². The maximum absolute atomic E-state index is 11.7. The molecule has 1 N–H and O–H groups in total. The summed E-state index contributed by atoms with van der Waals surface area (Å²) in [6.07, 6.45) is 9.90. The molecule has 0 fully saturated rings. The second-order valence-electron chi connectivity index (χ2n) is 5.53. The van der Waals surface area contributed by atoms with E-state index in [1.54, 1.807) is 0 Å². The molecule has 0 aromatic heterocycles. The van der Waals surface area contributed by atoms with E-state index >= 15 is 0 Å². The van der Waals surface area contributed by atoms with Gasteiger partial charge in [-0.1, -0.05) is 51.9 Å². The lowest BCUT2D eigenvalue weighted by molar-refractivity contribution is -0.134. The number of hydrogen-bond acceptors (Lipinski definition) is 3. The fraction of sp³-hybridized carbons (Fsp3) is 0.556. The Morgan fingerprint density at radius 1 is 0.909 bits per heavy atom. The first-order chi connectivity index (χ1) is 10.6. The molecular formula is C18H26O4. The molecule has 0 bridgehead atoms. The van der Waals surface area contributed by atoms with Gasteiger partial charge >= 0.3 is 11.9 Å². The van der Waals surface area contributed by atoms with Crippen LogP contribution < -0.4 is 4.74 Å². The molecular weight excluding hydrogens is 280 g/mol. The SMILES string of the molecule is CCCCCCCCCCC(=O)Oc1ccc(C(=O)O)cc1. The zero-order chi connectivity index (χ0) is 16.2. The Morgan fingerprint density at radius 3 is 2.00 bits per heavy atom. The van der Waals surface area contributed by atoms with Gasteiger partial charge in [0.2, 0.25) is 0 Å². The molecule has 1 aromatic carbocycles. The van der Waals surface area contributed by atoms with Crippen molar-refractivity contribution >= 4 is 11.9 Å². The van der Waals surface area contributed by atoms with Gasteiger partial charge in [0.15, 0.2) is 0 Å². The molecule has 4 nitrogen and oxygen atoms in total. The van der Waals surface area contributed by atoms with Crippen LogP contribution in [0.4, 0.5) is 0 Å². The van der Waals surface area contributed by atoms with E-state index in [9.17, 15) is 9.59 Å². The van der Waals surface area contributed by atoms with Crippen LogP contribution in [0, 0.1) is 0 Å². The molecule has 0 heterocycles. The number of carboxylic acids is 1. The van der Waals surface area contributed by atoms with Crippen LogP contribution in [0.25, 0.3) is 0 Å². The summed E-state index contributed by atoms with van der Waals surface area (Å²) < 4.78 is 5.18. The molecule has 22 heavy (non-hydrogen) atoms. The maximum atomic E-state index is 11.7. The van der Waals surface area contributed by atoms with E-state index < -0.39 is 5.97 Å². The second-order valence-corrected chi connectivity index (χ2v) is 5.53. The zero-order valence-corrected chi connectivity index (χ0v) is 13.3. The number of carboxylic acid groups (broad SMARTS) is 1. The van der Waals surface area contributed by atoms with E-state index in [1.807, 2.05) is 0 Å². The number of hydrogen-bond donors (Lipinski definition) is 1. The van der Waals surface area contributed by atoms with Crippen LogP contribution in [0.1, 0.15) is 75.1 Å². The van der Waals surface area contributed by atoms with Gasteiger partial charge in [0, 0.05) is 6.42 Å². The Kier molecular flexibility index (Phi) is 8.96. The van der Waals surface area contributed by atoms with Gasteiger partial charge in [-0.15, -0.1) is 0 Å². The molecule has 0 atom stereocenters. The topological polar surface area (TPSA) is 63.6 Å². The summed E-state index contributed by atoms with van der Waals surface area (Å²) in [5.74, 6) is -0.847. The fourth-order valence-corrected chi connectivity index (χ4v) is 2.25. The number of rotatable bonds is 11. The molecule has 1 rings (SSSR count). The van der Waals surface area contributed by atoms with Crippen molar-refractivity contribution in [2.75, 3.05) is 0 Å². The van der Waals surface area contributed by atoms with Crippen LogP contribution in [0.15, 0.2) is 24.3 Å². The van der Waals surface area contributed by atoms with Gasteiger partial charge in [-0.2, -0.15) is 0 Å². The van der Waals surface area contributed by atoms with E-state index in [1.165, 1.54) is 62.8 Å². The lowest BCUT2D eigenvalue weighted by Gasteiger charge is -2.05. The number of carbonyl (C=O) groups is 2. The van der Waals surface area contributed by atoms with Crippen molar-refractivity contribution in [2.24, 2.45) is 0 Å². The molecule has 122 valence electrons. The van der Waals surface area contributed by atoms with Crippen molar-refractivity contribution < 1.29 is 19.4 Å². The summed E-state index contributed by atoms with van der Waals surface area (Å²) in [7, 11) is 0. The first kappa shape index (κ1) is 18.2. The maximum Gasteiger partial charge on any atom is 0.335 e. The molecule has 0 aliphatic rings. The number of unbranched alkanes of at least 4 members (excludes halogenated alkanes) is 7. The van der Waals surface area contributed by atoms with E-state index in [0.717, 1.165) is 12.8 Å². The van der Waals surface area contributed by atoms with E-state index in [2.05, 4.69) is 6.92 Å². The average molecular weight is 306 g/mol. The zero-order valence-electron chi connectivity index (χ0n) is 13.3. The Hall–Kier alpha value is -1.84. The molecule has 0 radical (unpaired) electrons. The highest BCUT2D eigenvalue weighted by atomic mass is 16.5. The minimum atomic E-state index is -0.989. The standard InChI is InChI=1S/C18H26O4/c1-2-3-4-5-6-7-8-9-10-17(19)22-16-13-11-15(12-14-16)18(20)21/h11-14H,2-10H2,1H3,(H,20,21). The van der Waals surface area contributed by atoms with Gasteiger partial charge in [-0.05, 0) is 30.7 Å². The molecule has 0 saturated heterocycles. The van der Waals surface area contributed by atoms with Crippen LogP contribution in [-0.4, -0.2) is 17.0 Å². The number of esters is 1. The second kappa shape index (κ2) is 10.8. The summed E-state index contributed by atoms with van der Waals surface area (Å²) in [6, 6.07) is 5.88. The number of aromatic carboxylic acids is 1. The molecule has 1 aromatic rings. The highest BCUT2D eigenvalue weighted by molar-refractivity contribution is 5.87. The van der Waals surface area contributed by atoms with Crippen molar-refractivity contribution in [3.63, 3.8) is 0 Å². The summed E-state index contributed by atoms with van der Waals surface area (Å²) in [5, 5.41) is 8.78. The third kappa shape index (κ3) is 7.81. The molecule has 0 saturated carbocycles. The Morgan fingerprint density at radius 2 is 1.45 bits per heavy atom. The Bertz CT molecular complexity index is 451. The van der Waals surface area contributed by atoms with E-state index in [0.29, 0.717) is 12.2 Å². The van der Waals surface area contributed by atoms with E-state index in [-0.39, 0.29) is 11.5 Å². The minimum Gasteiger partial charge on any atom is -0.478 e. The number of carbonyl (C=O) groups excluding carboxylic acids is 1. The van der Waals surface area contributed by atoms with Crippen LogP contribution in [-0.2, 0) is 4.79 Å². The summed E-state index contributed by atoms with van der Waals surface area (Å²) >= 11 is 0. The minimum absolute atomic E-state index is 0.183. The average Bonchev–Trinajstić information content (AvgIpc) is 2.50. The largest absolute Gasteiger partial charge is 0.478 e. The van der Waals surface area contributed by atoms with Crippen LogP contribution in [0.2, 0.25) is 0 Å². The first-order valence-corrected chi connectivity index (χ1v) is 8.17. The van der Waals surface area contributed by atoms with Gasteiger partial charge in [-0.3, -0.25) is 4.79 Å². The summed E-state index contributed by atoms with van der Waals surface area (Å²) in [5.41, 5.74) is 0.183. The smallest absolute Gasteiger partial charge is 0.335 e. The van der Waals surface area contributed by atoms with Crippen molar-refractivity contribution in [1.29, 1.82) is 0 Å². The van der Waals surface area contributed by atoms with Crippen LogP contribution >= 0.6 is 0 Å². The summed E-state index contributed by atoms with van der Waals surface area (Å²) in [6.45, 7) is 2.21. The third-order valence-corrected chi connectivity index (χ3v) is 3.57. The molecule has 4 heteroatoms. The van der Waals surface area contributed by atoms with Crippen LogP contribution in [0.3, 0.4) is 0 Å². The number of ether oxygens (including phenoxy) is 1. The quantitative estimate of drug-likeness (QED) is 0.361. The summed E-state index contributed by atoms with van der Waals surface area (Å²) in [4.78, 5) is 22.4. The van der Waals surface area contributed by atoms with Gasteiger partial charge in [-0.25, -0.2) is 4.79 Å². The number of benzene rings is 1. The third-order valence-electron chi connectivity index (χ3n) is 3.57. The van der Waals surface area contributed by atoms with E-state index in [4.69, 9.17) is 9.84 Å². The molecule has 0 aliphatic heterocycles. The first-order valence-electron chi connectivity index (χ1n) is 8.17. The Labute approximate surface area is 132 Å². The molecule has 0 unspecified atom stereocenters. The lowest BCUT2D eigenvalue weighted by Crippen LogP contribution is -2.07. The predicted molar refractivity (Wildman–Crippen MR) is 86.3 cm³/mol. The predicted octanol–water partition coefficient (Wildman–Crippen LogP) is 4.82. The van der Waals surface area contributed by atoms with Crippen LogP contribution in [0.5, 0.6) is 5.75 Å². The van der Waals surface area contributed by atoms with Gasteiger partial charge < -0.3 is 9.84 Å². The normalized spacial score (nSPS) is 10.4. The molecule has 0 spiro atoms. The highest BCUT2D eigenvalue weighted by Crippen LogP contribution is 2.14. The van der Waals surface area contributed by atoms with Crippen molar-refractivity contribution in [1.82, 2.24) is 0 Å². The molecule has 0 amide bonds. The van der Waals surface area contributed by atoms with Crippen molar-refractivity contribution in [3.05, 3.63) is 29.8 Å². The van der Waals surface area contributed by atoms with Gasteiger partial charge in [0.05, 0.1) is 5.56 Å². The lowest BCUT2D eigenvalue weighted by atomic mass is 10.1. The molecule has 0 aliphatic carbocycles. The van der Waals surface area contributed by atoms with Crippen molar-refractivity contribution in [2.45, 2.75) is 64.7 Å². The van der Waals surface area contributed by atoms with Crippen molar-refractivity contribution in [3.8, 4) is 5.75 Å². The van der Waals surface area contributed by atoms with Gasteiger partial charge in [0.25, 0.3) is 0 Å². The monoisotopic (exact) mass is 306 g/mol. The Balaban J connectivity index is 2.12. The fourth-order valence-electron chi connectivity index (χ4n) is 2.25. The highest BCUT2D eigenvalue weighted by Gasteiger charge is 2.06.